The minimum atomic E-state index is -0.674. The summed E-state index contributed by atoms with van der Waals surface area (Å²) in [7, 11) is 1.59. The second kappa shape index (κ2) is 7.25. The van der Waals surface area contributed by atoms with E-state index in [0.29, 0.717) is 29.2 Å². The van der Waals surface area contributed by atoms with Crippen LogP contribution in [0.25, 0.3) is 0 Å². The van der Waals surface area contributed by atoms with Gasteiger partial charge < -0.3 is 24.8 Å². The highest BCUT2D eigenvalue weighted by Crippen LogP contribution is 2.35. The fourth-order valence-electron chi connectivity index (χ4n) is 2.54. The van der Waals surface area contributed by atoms with Gasteiger partial charge in [-0.3, -0.25) is 0 Å². The van der Waals surface area contributed by atoms with E-state index >= 15 is 0 Å². The topological polar surface area (TPSA) is 88.1 Å². The second-order valence-electron chi connectivity index (χ2n) is 5.32. The van der Waals surface area contributed by atoms with Crippen LogP contribution < -0.4 is 10.1 Å². The lowest BCUT2D eigenvalue weighted by molar-refractivity contribution is -0.139. The van der Waals surface area contributed by atoms with Gasteiger partial charge in [0.15, 0.2) is 11.5 Å². The molecule has 1 aromatic carbocycles. The zero-order valence-corrected chi connectivity index (χ0v) is 14.3. The van der Waals surface area contributed by atoms with Crippen molar-refractivity contribution in [3.05, 3.63) is 35.0 Å². The Morgan fingerprint density at radius 3 is 2.67 bits per heavy atom. The van der Waals surface area contributed by atoms with Gasteiger partial charge in [0.25, 0.3) is 0 Å². The van der Waals surface area contributed by atoms with Gasteiger partial charge in [-0.1, -0.05) is 6.07 Å². The monoisotopic (exact) mass is 334 g/mol. The van der Waals surface area contributed by atoms with E-state index in [2.05, 4.69) is 5.32 Å². The molecule has 2 rings (SSSR count). The Morgan fingerprint density at radius 1 is 1.33 bits per heavy atom. The third-order valence-corrected chi connectivity index (χ3v) is 3.87. The molecule has 0 saturated heterocycles. The Balaban J connectivity index is 2.51. The fraction of sp³-hybridized carbons (Fsp3) is 0.412. The number of amides is 2. The van der Waals surface area contributed by atoms with Crippen LogP contribution in [-0.4, -0.2) is 42.3 Å². The molecule has 0 unspecified atom stereocenters. The molecule has 1 aromatic rings. The molecule has 0 bridgehead atoms. The van der Waals surface area contributed by atoms with Gasteiger partial charge >= 0.3 is 12.0 Å². The van der Waals surface area contributed by atoms with E-state index in [0.717, 1.165) is 0 Å². The molecule has 7 heteroatoms. The van der Waals surface area contributed by atoms with Gasteiger partial charge in [-0.25, -0.2) is 9.59 Å². The molecule has 24 heavy (non-hydrogen) atoms. The van der Waals surface area contributed by atoms with Crippen LogP contribution in [0.3, 0.4) is 0 Å². The van der Waals surface area contributed by atoms with Crippen LogP contribution in [0.2, 0.25) is 0 Å². The molecule has 7 nitrogen and oxygen atoms in total. The first-order valence-electron chi connectivity index (χ1n) is 7.78. The SMILES string of the molecule is CCOC(=O)C1=C(C)N(C)C(=O)N[C@@H]1c1ccc(O)c(OCC)c1. The predicted octanol–water partition coefficient (Wildman–Crippen LogP) is 2.32. The highest BCUT2D eigenvalue weighted by atomic mass is 16.5. The average Bonchev–Trinajstić information content (AvgIpc) is 2.54. The summed E-state index contributed by atoms with van der Waals surface area (Å²) in [6.07, 6.45) is 0. The maximum atomic E-state index is 12.4. The number of hydrogen-bond donors (Lipinski definition) is 2. The Kier molecular flexibility index (Phi) is 5.33. The van der Waals surface area contributed by atoms with E-state index in [9.17, 15) is 14.7 Å². The first-order chi connectivity index (χ1) is 11.4. The Labute approximate surface area is 140 Å². The van der Waals surface area contributed by atoms with Crippen LogP contribution in [0.4, 0.5) is 4.79 Å². The second-order valence-corrected chi connectivity index (χ2v) is 5.32. The molecular weight excluding hydrogens is 312 g/mol. The zero-order chi connectivity index (χ0) is 17.9. The lowest BCUT2D eigenvalue weighted by Crippen LogP contribution is -2.46. The first-order valence-corrected chi connectivity index (χ1v) is 7.78. The van der Waals surface area contributed by atoms with Crippen LogP contribution >= 0.6 is 0 Å². The average molecular weight is 334 g/mol. The summed E-state index contributed by atoms with van der Waals surface area (Å²) < 4.78 is 10.5. The van der Waals surface area contributed by atoms with E-state index in [1.54, 1.807) is 40.0 Å². The van der Waals surface area contributed by atoms with E-state index in [-0.39, 0.29) is 18.4 Å². The molecule has 2 amide bonds. The predicted molar refractivity (Wildman–Crippen MR) is 87.6 cm³/mol. The van der Waals surface area contributed by atoms with Crippen molar-refractivity contribution in [2.45, 2.75) is 26.8 Å². The Bertz CT molecular complexity index is 684. The molecule has 0 aliphatic carbocycles. The van der Waals surface area contributed by atoms with Crippen molar-refractivity contribution in [3.63, 3.8) is 0 Å². The van der Waals surface area contributed by atoms with Gasteiger partial charge in [-0.05, 0) is 38.5 Å². The molecule has 130 valence electrons. The van der Waals surface area contributed by atoms with E-state index in [4.69, 9.17) is 9.47 Å². The van der Waals surface area contributed by atoms with Crippen LogP contribution in [0.1, 0.15) is 32.4 Å². The maximum absolute atomic E-state index is 12.4. The van der Waals surface area contributed by atoms with Gasteiger partial charge in [-0.15, -0.1) is 0 Å². The van der Waals surface area contributed by atoms with Gasteiger partial charge in [0.2, 0.25) is 0 Å². The smallest absolute Gasteiger partial charge is 0.338 e. The summed E-state index contributed by atoms with van der Waals surface area (Å²) in [5.74, 6) is -0.194. The summed E-state index contributed by atoms with van der Waals surface area (Å²) in [6, 6.07) is 3.73. The molecule has 0 saturated carbocycles. The molecule has 0 aromatic heterocycles. The van der Waals surface area contributed by atoms with Crippen LogP contribution in [0, 0.1) is 0 Å². The van der Waals surface area contributed by atoms with Gasteiger partial charge in [0.1, 0.15) is 0 Å². The molecule has 2 N–H and O–H groups in total. The number of allylic oxidation sites excluding steroid dienone is 1. The molecule has 1 heterocycles. The van der Waals surface area contributed by atoms with Crippen LogP contribution in [-0.2, 0) is 9.53 Å². The quantitative estimate of drug-likeness (QED) is 0.807. The van der Waals surface area contributed by atoms with E-state index in [1.807, 2.05) is 0 Å². The minimum Gasteiger partial charge on any atom is -0.504 e. The number of aromatic hydroxyl groups is 1. The number of ether oxygens (including phenoxy) is 2. The highest BCUT2D eigenvalue weighted by molar-refractivity contribution is 5.95. The van der Waals surface area contributed by atoms with Crippen molar-refractivity contribution < 1.29 is 24.2 Å². The number of nitrogens with one attached hydrogen (secondary N) is 1. The van der Waals surface area contributed by atoms with Gasteiger partial charge in [0, 0.05) is 12.7 Å². The summed E-state index contributed by atoms with van der Waals surface area (Å²) in [4.78, 5) is 25.9. The lowest BCUT2D eigenvalue weighted by atomic mass is 9.94. The van der Waals surface area contributed by atoms with Crippen molar-refractivity contribution in [1.82, 2.24) is 10.2 Å². The Hall–Kier alpha value is -2.70. The number of urea groups is 1. The van der Waals surface area contributed by atoms with Gasteiger partial charge in [-0.2, -0.15) is 0 Å². The number of rotatable bonds is 5. The van der Waals surface area contributed by atoms with Crippen LogP contribution in [0.5, 0.6) is 11.5 Å². The summed E-state index contributed by atoms with van der Waals surface area (Å²) >= 11 is 0. The summed E-state index contributed by atoms with van der Waals surface area (Å²) in [6.45, 7) is 5.84. The fourth-order valence-corrected chi connectivity index (χ4v) is 2.54. The van der Waals surface area contributed by atoms with E-state index < -0.39 is 12.0 Å². The molecule has 0 spiro atoms. The van der Waals surface area contributed by atoms with E-state index in [1.165, 1.54) is 11.0 Å². The van der Waals surface area contributed by atoms with Crippen molar-refractivity contribution >= 4 is 12.0 Å². The summed E-state index contributed by atoms with van der Waals surface area (Å²) in [5.41, 5.74) is 1.50. The zero-order valence-electron chi connectivity index (χ0n) is 14.3. The Morgan fingerprint density at radius 2 is 2.04 bits per heavy atom. The molecule has 0 fully saturated rings. The largest absolute Gasteiger partial charge is 0.504 e. The number of nitrogens with zero attached hydrogens (tertiary/aromatic N) is 1. The minimum absolute atomic E-state index is 0.00163. The number of phenolic OH excluding ortho intramolecular Hbond substituents is 1. The normalized spacial score (nSPS) is 17.6. The number of hydrogen-bond acceptors (Lipinski definition) is 5. The number of esters is 1. The van der Waals surface area contributed by atoms with Crippen molar-refractivity contribution in [2.75, 3.05) is 20.3 Å². The summed E-state index contributed by atoms with van der Waals surface area (Å²) in [5, 5.41) is 12.6. The molecule has 1 aliphatic heterocycles. The van der Waals surface area contributed by atoms with Crippen molar-refractivity contribution in [2.24, 2.45) is 0 Å². The third-order valence-electron chi connectivity index (χ3n) is 3.87. The highest BCUT2D eigenvalue weighted by Gasteiger charge is 2.35. The number of phenols is 1. The number of benzene rings is 1. The third kappa shape index (κ3) is 3.29. The maximum Gasteiger partial charge on any atom is 0.338 e. The standard InChI is InChI=1S/C17H22N2O5/c1-5-23-13-9-11(7-8-12(13)20)15-14(16(21)24-6-2)10(3)19(4)17(22)18-15/h7-9,15,20H,5-6H2,1-4H3,(H,18,22)/t15-/m1/s1. The number of carbonyl (C=O) groups is 2. The lowest BCUT2D eigenvalue weighted by Gasteiger charge is -2.33. The van der Waals surface area contributed by atoms with Crippen molar-refractivity contribution in [1.29, 1.82) is 0 Å². The van der Waals surface area contributed by atoms with Crippen molar-refractivity contribution in [3.8, 4) is 11.5 Å². The first kappa shape index (κ1) is 17.7. The molecule has 0 radical (unpaired) electrons. The molecule has 1 atom stereocenters. The molecule has 1 aliphatic rings. The number of carbonyl (C=O) groups excluding carboxylic acids is 2. The van der Waals surface area contributed by atoms with Gasteiger partial charge in [0.05, 0.1) is 24.8 Å². The van der Waals surface area contributed by atoms with Crippen LogP contribution in [0.15, 0.2) is 29.5 Å². The molecular formula is C17H22N2O5.